The van der Waals surface area contributed by atoms with Crippen LogP contribution in [0.3, 0.4) is 0 Å². The van der Waals surface area contributed by atoms with Crippen molar-refractivity contribution < 1.29 is 8.42 Å². The van der Waals surface area contributed by atoms with E-state index in [0.29, 0.717) is 16.1 Å². The van der Waals surface area contributed by atoms with E-state index < -0.39 is 10.0 Å². The summed E-state index contributed by atoms with van der Waals surface area (Å²) in [4.78, 5) is 0.336. The Morgan fingerprint density at radius 2 is 2.11 bits per heavy atom. The zero-order chi connectivity index (χ0) is 14.0. The first kappa shape index (κ1) is 14.7. The summed E-state index contributed by atoms with van der Waals surface area (Å²) < 4.78 is 27.9. The topological polar surface area (TPSA) is 72.2 Å². The fourth-order valence-corrected chi connectivity index (χ4v) is 5.32. The number of nitrogens with two attached hydrogens (primary N) is 1. The van der Waals surface area contributed by atoms with Crippen molar-refractivity contribution in [1.82, 2.24) is 4.72 Å². The summed E-state index contributed by atoms with van der Waals surface area (Å²) in [5, 5.41) is 0. The minimum absolute atomic E-state index is 0.0315. The van der Waals surface area contributed by atoms with E-state index in [9.17, 15) is 8.42 Å². The molecule has 1 unspecified atom stereocenters. The van der Waals surface area contributed by atoms with Crippen molar-refractivity contribution >= 4 is 27.5 Å². The van der Waals surface area contributed by atoms with Gasteiger partial charge in [0.05, 0.1) is 4.90 Å². The predicted octanol–water partition coefficient (Wildman–Crippen LogP) is 2.06. The van der Waals surface area contributed by atoms with Gasteiger partial charge in [-0.05, 0) is 49.6 Å². The van der Waals surface area contributed by atoms with Gasteiger partial charge < -0.3 is 5.73 Å². The lowest BCUT2D eigenvalue weighted by molar-refractivity contribution is 0.542. The van der Waals surface area contributed by atoms with Crippen molar-refractivity contribution in [3.05, 3.63) is 23.3 Å². The van der Waals surface area contributed by atoms with Crippen molar-refractivity contribution in [1.29, 1.82) is 0 Å². The Morgan fingerprint density at radius 1 is 1.37 bits per heavy atom. The molecule has 6 heteroatoms. The smallest absolute Gasteiger partial charge is 0.241 e. The van der Waals surface area contributed by atoms with E-state index in [-0.39, 0.29) is 6.04 Å². The second-order valence-electron chi connectivity index (χ2n) is 4.96. The van der Waals surface area contributed by atoms with Crippen molar-refractivity contribution in [3.63, 3.8) is 0 Å². The monoisotopic (exact) mass is 300 g/mol. The molecular formula is C13H20N2O2S2. The van der Waals surface area contributed by atoms with Gasteiger partial charge in [-0.15, -0.1) is 0 Å². The first-order chi connectivity index (χ1) is 8.92. The van der Waals surface area contributed by atoms with Gasteiger partial charge in [0.1, 0.15) is 0 Å². The molecule has 4 nitrogen and oxygen atoms in total. The Labute approximate surface area is 119 Å². The molecule has 1 atom stereocenters. The molecule has 3 N–H and O–H groups in total. The van der Waals surface area contributed by atoms with Crippen LogP contribution in [0, 0.1) is 13.8 Å². The summed E-state index contributed by atoms with van der Waals surface area (Å²) in [5.41, 5.74) is 7.71. The van der Waals surface area contributed by atoms with Crippen molar-refractivity contribution in [2.45, 2.75) is 37.6 Å². The van der Waals surface area contributed by atoms with Crippen molar-refractivity contribution in [2.75, 3.05) is 17.2 Å². The average molecular weight is 300 g/mol. The molecule has 19 heavy (non-hydrogen) atoms. The summed E-state index contributed by atoms with van der Waals surface area (Å²) in [5.74, 6) is 1.97. The number of aryl methyl sites for hydroxylation is 1. The highest BCUT2D eigenvalue weighted by Crippen LogP contribution is 2.26. The SMILES string of the molecule is Cc1ccc(N)c(C)c1S(=O)(=O)NC1CCCSC1. The van der Waals surface area contributed by atoms with Gasteiger partial charge in [0.2, 0.25) is 10.0 Å². The second-order valence-corrected chi connectivity index (χ2v) is 7.76. The first-order valence-electron chi connectivity index (χ1n) is 6.37. The molecule has 1 saturated heterocycles. The highest BCUT2D eigenvalue weighted by Gasteiger charge is 2.25. The van der Waals surface area contributed by atoms with Crippen LogP contribution in [0.4, 0.5) is 5.69 Å². The van der Waals surface area contributed by atoms with Crippen LogP contribution in [0.5, 0.6) is 0 Å². The molecule has 1 aromatic rings. The van der Waals surface area contributed by atoms with Gasteiger partial charge in [-0.3, -0.25) is 0 Å². The third-order valence-corrected chi connectivity index (χ3v) is 6.42. The second kappa shape index (κ2) is 5.73. The van der Waals surface area contributed by atoms with Crippen LogP contribution in [0.2, 0.25) is 0 Å². The molecule has 0 aromatic heterocycles. The molecule has 1 aromatic carbocycles. The molecule has 0 amide bonds. The molecule has 0 spiro atoms. The average Bonchev–Trinajstić information content (AvgIpc) is 2.35. The zero-order valence-corrected chi connectivity index (χ0v) is 12.9. The van der Waals surface area contributed by atoms with E-state index in [4.69, 9.17) is 5.73 Å². The molecule has 106 valence electrons. The zero-order valence-electron chi connectivity index (χ0n) is 11.3. The van der Waals surface area contributed by atoms with Crippen LogP contribution >= 0.6 is 11.8 Å². The Morgan fingerprint density at radius 3 is 2.74 bits per heavy atom. The standard InChI is InChI=1S/C13H20N2O2S2/c1-9-5-6-12(14)10(2)13(9)19(16,17)15-11-4-3-7-18-8-11/h5-6,11,15H,3-4,7-8,14H2,1-2H3. The van der Waals surface area contributed by atoms with Gasteiger partial charge in [-0.2, -0.15) is 11.8 Å². The summed E-state index contributed by atoms with van der Waals surface area (Å²) in [6, 6.07) is 3.54. The molecule has 1 aliphatic heterocycles. The Kier molecular flexibility index (Phi) is 4.43. The normalized spacial score (nSPS) is 20.4. The Balaban J connectivity index is 2.31. The number of sulfonamides is 1. The van der Waals surface area contributed by atoms with Gasteiger partial charge in [0.25, 0.3) is 0 Å². The summed E-state index contributed by atoms with van der Waals surface area (Å²) in [7, 11) is -3.49. The molecule has 0 radical (unpaired) electrons. The van der Waals surface area contributed by atoms with E-state index in [1.807, 2.05) is 0 Å². The van der Waals surface area contributed by atoms with Crippen LogP contribution in [-0.2, 0) is 10.0 Å². The van der Waals surface area contributed by atoms with E-state index in [2.05, 4.69) is 4.72 Å². The highest BCUT2D eigenvalue weighted by atomic mass is 32.2. The van der Waals surface area contributed by atoms with Crippen molar-refractivity contribution in [3.8, 4) is 0 Å². The molecule has 2 rings (SSSR count). The lowest BCUT2D eigenvalue weighted by atomic mass is 10.1. The summed E-state index contributed by atoms with van der Waals surface area (Å²) in [6.45, 7) is 3.56. The Hall–Kier alpha value is -0.720. The van der Waals surface area contributed by atoms with E-state index >= 15 is 0 Å². The lowest BCUT2D eigenvalue weighted by Gasteiger charge is -2.23. The maximum atomic E-state index is 12.5. The number of benzene rings is 1. The van der Waals surface area contributed by atoms with Gasteiger partial charge in [-0.1, -0.05) is 6.07 Å². The fraction of sp³-hybridized carbons (Fsp3) is 0.538. The number of anilines is 1. The van der Waals surface area contributed by atoms with Crippen molar-refractivity contribution in [2.24, 2.45) is 0 Å². The van der Waals surface area contributed by atoms with Crippen LogP contribution in [0.15, 0.2) is 17.0 Å². The van der Waals surface area contributed by atoms with Crippen LogP contribution in [-0.4, -0.2) is 26.0 Å². The minimum Gasteiger partial charge on any atom is -0.398 e. The molecule has 1 aliphatic rings. The number of nitrogens with one attached hydrogen (secondary N) is 1. The number of hydrogen-bond donors (Lipinski definition) is 2. The van der Waals surface area contributed by atoms with Gasteiger partial charge in [-0.25, -0.2) is 13.1 Å². The fourth-order valence-electron chi connectivity index (χ4n) is 2.37. The number of hydrogen-bond acceptors (Lipinski definition) is 4. The van der Waals surface area contributed by atoms with Crippen LogP contribution < -0.4 is 10.5 Å². The minimum atomic E-state index is -3.49. The van der Waals surface area contributed by atoms with Crippen LogP contribution in [0.25, 0.3) is 0 Å². The van der Waals surface area contributed by atoms with Gasteiger partial charge in [0, 0.05) is 17.5 Å². The number of rotatable bonds is 3. The summed E-state index contributed by atoms with van der Waals surface area (Å²) in [6.07, 6.45) is 1.97. The van der Waals surface area contributed by atoms with E-state index in [0.717, 1.165) is 29.9 Å². The third-order valence-electron chi connectivity index (χ3n) is 3.40. The van der Waals surface area contributed by atoms with E-state index in [1.54, 1.807) is 37.7 Å². The molecule has 1 heterocycles. The van der Waals surface area contributed by atoms with Crippen LogP contribution in [0.1, 0.15) is 24.0 Å². The van der Waals surface area contributed by atoms with E-state index in [1.165, 1.54) is 0 Å². The molecule has 0 saturated carbocycles. The van der Waals surface area contributed by atoms with Gasteiger partial charge in [0.15, 0.2) is 0 Å². The van der Waals surface area contributed by atoms with Gasteiger partial charge >= 0.3 is 0 Å². The maximum Gasteiger partial charge on any atom is 0.241 e. The predicted molar refractivity (Wildman–Crippen MR) is 81.0 cm³/mol. The number of nitrogen functional groups attached to an aromatic ring is 1. The first-order valence-corrected chi connectivity index (χ1v) is 9.01. The largest absolute Gasteiger partial charge is 0.398 e. The highest BCUT2D eigenvalue weighted by molar-refractivity contribution is 7.99. The molecule has 0 bridgehead atoms. The third kappa shape index (κ3) is 3.24. The maximum absolute atomic E-state index is 12.5. The number of thioether (sulfide) groups is 1. The summed E-state index contributed by atoms with van der Waals surface area (Å²) >= 11 is 1.80. The molecular weight excluding hydrogens is 280 g/mol. The quantitative estimate of drug-likeness (QED) is 0.838. The lowest BCUT2D eigenvalue weighted by Crippen LogP contribution is -2.38. The molecule has 0 aliphatic carbocycles. The molecule has 1 fully saturated rings. The Bertz CT molecular complexity index is 564.